The van der Waals surface area contributed by atoms with E-state index in [0.717, 1.165) is 16.9 Å². The molecule has 7 heteroatoms. The van der Waals surface area contributed by atoms with E-state index in [1.54, 1.807) is 7.11 Å². The lowest BCUT2D eigenvalue weighted by atomic mass is 10.0. The van der Waals surface area contributed by atoms with E-state index in [-0.39, 0.29) is 16.5 Å². The van der Waals surface area contributed by atoms with Crippen LogP contribution in [0, 0.1) is 0 Å². The van der Waals surface area contributed by atoms with E-state index in [0.29, 0.717) is 15.9 Å². The average molecular weight is 396 g/mol. The SMILES string of the molecule is COc1ccc(-c2c(-c3cc(Cl)c(O)cc3O)n[nH]c2Br)cc1. The number of hydrogen-bond acceptors (Lipinski definition) is 4. The van der Waals surface area contributed by atoms with Gasteiger partial charge in [0, 0.05) is 17.2 Å². The van der Waals surface area contributed by atoms with Crippen LogP contribution in [-0.2, 0) is 0 Å². The lowest BCUT2D eigenvalue weighted by Gasteiger charge is -2.08. The van der Waals surface area contributed by atoms with Crippen molar-refractivity contribution in [1.82, 2.24) is 10.2 Å². The van der Waals surface area contributed by atoms with Gasteiger partial charge in [-0.2, -0.15) is 5.10 Å². The first-order chi connectivity index (χ1) is 11.0. The maximum absolute atomic E-state index is 10.1. The summed E-state index contributed by atoms with van der Waals surface area (Å²) in [5, 5.41) is 26.9. The van der Waals surface area contributed by atoms with Gasteiger partial charge in [-0.3, -0.25) is 5.10 Å². The first-order valence-electron chi connectivity index (χ1n) is 6.61. The standard InChI is InChI=1S/C16H12BrClN2O3/c1-23-9-4-2-8(3-5-9)14-15(19-20-16(14)17)10-6-11(18)13(22)7-12(10)21/h2-7,21-22H,1H3,(H,19,20). The second kappa shape index (κ2) is 6.14. The monoisotopic (exact) mass is 394 g/mol. The number of nitrogens with one attached hydrogen (secondary N) is 1. The normalized spacial score (nSPS) is 10.7. The number of rotatable bonds is 3. The molecule has 23 heavy (non-hydrogen) atoms. The lowest BCUT2D eigenvalue weighted by Crippen LogP contribution is -1.86. The molecule has 0 bridgehead atoms. The van der Waals surface area contributed by atoms with E-state index in [2.05, 4.69) is 26.1 Å². The second-order valence-electron chi connectivity index (χ2n) is 4.81. The Balaban J connectivity index is 2.17. The van der Waals surface area contributed by atoms with Crippen molar-refractivity contribution in [3.05, 3.63) is 46.0 Å². The van der Waals surface area contributed by atoms with Crippen LogP contribution in [0.2, 0.25) is 5.02 Å². The molecule has 0 atom stereocenters. The molecular formula is C16H12BrClN2O3. The van der Waals surface area contributed by atoms with Gasteiger partial charge in [-0.1, -0.05) is 23.7 Å². The number of H-pyrrole nitrogens is 1. The van der Waals surface area contributed by atoms with Gasteiger partial charge in [0.15, 0.2) is 0 Å². The number of nitrogens with zero attached hydrogens (tertiary/aromatic N) is 1. The Morgan fingerprint density at radius 1 is 1.13 bits per heavy atom. The van der Waals surface area contributed by atoms with Gasteiger partial charge in [0.1, 0.15) is 27.5 Å². The number of aromatic nitrogens is 2. The minimum atomic E-state index is -0.187. The van der Waals surface area contributed by atoms with Crippen molar-refractivity contribution in [2.45, 2.75) is 0 Å². The second-order valence-corrected chi connectivity index (χ2v) is 6.01. The molecule has 0 aliphatic heterocycles. The van der Waals surface area contributed by atoms with Crippen LogP contribution in [0.1, 0.15) is 0 Å². The van der Waals surface area contributed by atoms with Gasteiger partial charge in [-0.25, -0.2) is 0 Å². The molecule has 0 saturated carbocycles. The molecule has 1 aromatic heterocycles. The van der Waals surface area contributed by atoms with Gasteiger partial charge < -0.3 is 14.9 Å². The Labute approximate surface area is 145 Å². The molecule has 0 radical (unpaired) electrons. The molecule has 0 aliphatic rings. The molecule has 118 valence electrons. The molecule has 3 rings (SSSR count). The third-order valence-electron chi connectivity index (χ3n) is 3.42. The summed E-state index contributed by atoms with van der Waals surface area (Å²) in [6.45, 7) is 0. The predicted octanol–water partition coefficient (Wildman–Crippen LogP) is 4.58. The number of phenols is 2. The van der Waals surface area contributed by atoms with Gasteiger partial charge in [-0.15, -0.1) is 0 Å². The van der Waals surface area contributed by atoms with Crippen molar-refractivity contribution in [1.29, 1.82) is 0 Å². The van der Waals surface area contributed by atoms with E-state index >= 15 is 0 Å². The zero-order valence-electron chi connectivity index (χ0n) is 12.0. The highest BCUT2D eigenvalue weighted by atomic mass is 79.9. The first-order valence-corrected chi connectivity index (χ1v) is 7.78. The molecule has 5 nitrogen and oxygen atoms in total. The molecule has 1 heterocycles. The van der Waals surface area contributed by atoms with Gasteiger partial charge in [0.25, 0.3) is 0 Å². The van der Waals surface area contributed by atoms with Crippen molar-refractivity contribution < 1.29 is 14.9 Å². The Morgan fingerprint density at radius 2 is 1.83 bits per heavy atom. The van der Waals surface area contributed by atoms with Crippen LogP contribution < -0.4 is 4.74 Å². The topological polar surface area (TPSA) is 78.4 Å². The Kier molecular flexibility index (Phi) is 4.19. The molecule has 0 aliphatic carbocycles. The summed E-state index contributed by atoms with van der Waals surface area (Å²) in [6.07, 6.45) is 0. The van der Waals surface area contributed by atoms with Gasteiger partial charge in [-0.05, 0) is 39.7 Å². The summed E-state index contributed by atoms with van der Waals surface area (Å²) in [4.78, 5) is 0. The fourth-order valence-electron chi connectivity index (χ4n) is 2.28. The van der Waals surface area contributed by atoms with Crippen LogP contribution in [0.3, 0.4) is 0 Å². The minimum Gasteiger partial charge on any atom is -0.507 e. The molecule has 0 saturated heterocycles. The van der Waals surface area contributed by atoms with Gasteiger partial charge >= 0.3 is 0 Å². The highest BCUT2D eigenvalue weighted by molar-refractivity contribution is 9.10. The molecule has 2 aromatic carbocycles. The van der Waals surface area contributed by atoms with Crippen LogP contribution in [0.15, 0.2) is 41.0 Å². The number of ether oxygens (including phenoxy) is 1. The van der Waals surface area contributed by atoms with Gasteiger partial charge in [0.05, 0.1) is 12.1 Å². The zero-order chi connectivity index (χ0) is 16.6. The Bertz CT molecular complexity index is 863. The summed E-state index contributed by atoms with van der Waals surface area (Å²) < 4.78 is 5.83. The van der Waals surface area contributed by atoms with Crippen molar-refractivity contribution in [3.63, 3.8) is 0 Å². The summed E-state index contributed by atoms with van der Waals surface area (Å²) in [5.74, 6) is 0.444. The maximum atomic E-state index is 10.1. The number of aromatic amines is 1. The third kappa shape index (κ3) is 2.87. The molecule has 3 N–H and O–H groups in total. The van der Waals surface area contributed by atoms with Crippen molar-refractivity contribution in [2.75, 3.05) is 7.11 Å². The van der Waals surface area contributed by atoms with E-state index < -0.39 is 0 Å². The molecule has 3 aromatic rings. The Morgan fingerprint density at radius 3 is 2.48 bits per heavy atom. The number of aromatic hydroxyl groups is 2. The maximum Gasteiger partial charge on any atom is 0.137 e. The van der Waals surface area contributed by atoms with Crippen molar-refractivity contribution >= 4 is 27.5 Å². The highest BCUT2D eigenvalue weighted by Crippen LogP contribution is 2.42. The number of halogens is 2. The zero-order valence-corrected chi connectivity index (χ0v) is 14.3. The number of phenolic OH excluding ortho intramolecular Hbond substituents is 2. The minimum absolute atomic E-state index is 0.110. The fourth-order valence-corrected chi connectivity index (χ4v) is 2.95. The number of hydrogen-bond donors (Lipinski definition) is 3. The van der Waals surface area contributed by atoms with E-state index in [1.807, 2.05) is 24.3 Å². The quantitative estimate of drug-likeness (QED) is 0.606. The summed E-state index contributed by atoms with van der Waals surface area (Å²) in [7, 11) is 1.60. The Hall–Kier alpha value is -2.18. The molecule has 0 unspecified atom stereocenters. The van der Waals surface area contributed by atoms with Crippen molar-refractivity contribution in [2.24, 2.45) is 0 Å². The summed E-state index contributed by atoms with van der Waals surface area (Å²) in [5.41, 5.74) is 2.58. The molecule has 0 spiro atoms. The van der Waals surface area contributed by atoms with E-state index in [4.69, 9.17) is 16.3 Å². The molecule has 0 fully saturated rings. The van der Waals surface area contributed by atoms with Gasteiger partial charge in [0.2, 0.25) is 0 Å². The number of methoxy groups -OCH3 is 1. The van der Waals surface area contributed by atoms with Crippen LogP contribution in [0.5, 0.6) is 17.2 Å². The van der Waals surface area contributed by atoms with Crippen LogP contribution >= 0.6 is 27.5 Å². The van der Waals surface area contributed by atoms with E-state index in [9.17, 15) is 10.2 Å². The fraction of sp³-hybridized carbons (Fsp3) is 0.0625. The van der Waals surface area contributed by atoms with Crippen LogP contribution in [0.4, 0.5) is 0 Å². The lowest BCUT2D eigenvalue weighted by molar-refractivity contribution is 0.415. The molecular weight excluding hydrogens is 384 g/mol. The van der Waals surface area contributed by atoms with Crippen LogP contribution in [0.25, 0.3) is 22.4 Å². The smallest absolute Gasteiger partial charge is 0.137 e. The largest absolute Gasteiger partial charge is 0.507 e. The highest BCUT2D eigenvalue weighted by Gasteiger charge is 2.19. The predicted molar refractivity (Wildman–Crippen MR) is 92.1 cm³/mol. The summed E-state index contributed by atoms with van der Waals surface area (Å²) in [6, 6.07) is 10.1. The third-order valence-corrected chi connectivity index (χ3v) is 4.30. The van der Waals surface area contributed by atoms with E-state index in [1.165, 1.54) is 12.1 Å². The average Bonchev–Trinajstić information content (AvgIpc) is 2.92. The van der Waals surface area contributed by atoms with Crippen LogP contribution in [-0.4, -0.2) is 27.5 Å². The first kappa shape index (κ1) is 15.7. The molecule has 0 amide bonds. The number of benzene rings is 2. The summed E-state index contributed by atoms with van der Waals surface area (Å²) >= 11 is 9.38. The van der Waals surface area contributed by atoms with Crippen molar-refractivity contribution in [3.8, 4) is 39.6 Å².